The molecule has 24 heavy (non-hydrogen) atoms. The molecule has 2 fully saturated rings. The molecular formula is C18H26N4O2. The molecule has 0 unspecified atom stereocenters. The van der Waals surface area contributed by atoms with Crippen LogP contribution in [0.4, 0.5) is 0 Å². The second kappa shape index (κ2) is 6.57. The topological polar surface area (TPSA) is 67.2 Å². The van der Waals surface area contributed by atoms with Gasteiger partial charge in [-0.05, 0) is 44.9 Å². The fourth-order valence-corrected chi connectivity index (χ4v) is 4.28. The van der Waals surface area contributed by atoms with Gasteiger partial charge in [-0.15, -0.1) is 0 Å². The molecule has 3 heterocycles. The Morgan fingerprint density at radius 1 is 0.958 bits per heavy atom. The monoisotopic (exact) mass is 330 g/mol. The zero-order valence-electron chi connectivity index (χ0n) is 14.2. The molecule has 1 aliphatic carbocycles. The summed E-state index contributed by atoms with van der Waals surface area (Å²) in [6, 6.07) is 0.270. The molecule has 1 aromatic rings. The number of rotatable bonds is 3. The normalized spacial score (nSPS) is 21.1. The first-order valence-electron chi connectivity index (χ1n) is 9.43. The van der Waals surface area contributed by atoms with E-state index in [9.17, 15) is 9.59 Å². The number of nitrogens with one attached hydrogen (secondary N) is 1. The average molecular weight is 330 g/mol. The highest BCUT2D eigenvalue weighted by molar-refractivity contribution is 5.97. The van der Waals surface area contributed by atoms with Crippen LogP contribution in [0.15, 0.2) is 0 Å². The van der Waals surface area contributed by atoms with Crippen LogP contribution < -0.4 is 5.32 Å². The molecule has 1 saturated heterocycles. The summed E-state index contributed by atoms with van der Waals surface area (Å²) < 4.78 is 2.00. The van der Waals surface area contributed by atoms with Gasteiger partial charge in [-0.2, -0.15) is 0 Å². The van der Waals surface area contributed by atoms with E-state index in [0.717, 1.165) is 70.3 Å². The van der Waals surface area contributed by atoms with E-state index >= 15 is 0 Å². The largest absolute Gasteiger partial charge is 0.347 e. The molecule has 1 N–H and O–H groups in total. The van der Waals surface area contributed by atoms with Gasteiger partial charge in [0.25, 0.3) is 11.8 Å². The highest BCUT2D eigenvalue weighted by Crippen LogP contribution is 2.24. The van der Waals surface area contributed by atoms with Crippen molar-refractivity contribution < 1.29 is 9.59 Å². The SMILES string of the molecule is O=C(NC1CCCC1)c1nc(C(=O)N2CCCC2)c2n1CCCC2. The number of likely N-dealkylation sites (tertiary alicyclic amines) is 1. The van der Waals surface area contributed by atoms with E-state index in [4.69, 9.17) is 0 Å². The number of hydrogen-bond donors (Lipinski definition) is 1. The van der Waals surface area contributed by atoms with Crippen LogP contribution >= 0.6 is 0 Å². The van der Waals surface area contributed by atoms with Crippen LogP contribution in [0.3, 0.4) is 0 Å². The molecule has 0 bridgehead atoms. The summed E-state index contributed by atoms with van der Waals surface area (Å²) >= 11 is 0. The smallest absolute Gasteiger partial charge is 0.287 e. The van der Waals surface area contributed by atoms with Crippen molar-refractivity contribution in [2.24, 2.45) is 0 Å². The number of nitrogens with zero attached hydrogens (tertiary/aromatic N) is 3. The molecular weight excluding hydrogens is 304 g/mol. The molecule has 3 aliphatic rings. The number of amides is 2. The summed E-state index contributed by atoms with van der Waals surface area (Å²) in [5.41, 5.74) is 1.49. The molecule has 0 spiro atoms. The minimum absolute atomic E-state index is 0.0121. The Bertz CT molecular complexity index is 640. The van der Waals surface area contributed by atoms with Crippen LogP contribution in [0, 0.1) is 0 Å². The van der Waals surface area contributed by atoms with E-state index in [0.29, 0.717) is 11.5 Å². The molecule has 6 heteroatoms. The summed E-state index contributed by atoms with van der Waals surface area (Å²) in [7, 11) is 0. The fourth-order valence-electron chi connectivity index (χ4n) is 4.28. The van der Waals surface area contributed by atoms with Crippen LogP contribution in [0.5, 0.6) is 0 Å². The Balaban J connectivity index is 1.61. The van der Waals surface area contributed by atoms with Crippen molar-refractivity contribution in [2.45, 2.75) is 70.4 Å². The molecule has 0 radical (unpaired) electrons. The molecule has 2 aliphatic heterocycles. The van der Waals surface area contributed by atoms with Gasteiger partial charge in [-0.3, -0.25) is 9.59 Å². The van der Waals surface area contributed by atoms with Gasteiger partial charge in [-0.1, -0.05) is 12.8 Å². The van der Waals surface area contributed by atoms with Gasteiger partial charge in [-0.25, -0.2) is 4.98 Å². The summed E-state index contributed by atoms with van der Waals surface area (Å²) in [6.07, 6.45) is 9.57. The Morgan fingerprint density at radius 3 is 2.42 bits per heavy atom. The highest BCUT2D eigenvalue weighted by atomic mass is 16.2. The van der Waals surface area contributed by atoms with Gasteiger partial charge in [0.05, 0.1) is 5.69 Å². The third kappa shape index (κ3) is 2.82. The lowest BCUT2D eigenvalue weighted by atomic mass is 10.1. The molecule has 6 nitrogen and oxygen atoms in total. The van der Waals surface area contributed by atoms with Gasteiger partial charge in [0.1, 0.15) is 5.69 Å². The third-order valence-electron chi connectivity index (χ3n) is 5.61. The zero-order chi connectivity index (χ0) is 16.5. The van der Waals surface area contributed by atoms with Crippen molar-refractivity contribution in [2.75, 3.05) is 13.1 Å². The predicted molar refractivity (Wildman–Crippen MR) is 90.0 cm³/mol. The van der Waals surface area contributed by atoms with Gasteiger partial charge in [0.15, 0.2) is 5.82 Å². The molecule has 130 valence electrons. The maximum absolute atomic E-state index is 12.8. The third-order valence-corrected chi connectivity index (χ3v) is 5.61. The van der Waals surface area contributed by atoms with Crippen molar-refractivity contribution in [1.29, 1.82) is 0 Å². The first-order chi connectivity index (χ1) is 11.7. The average Bonchev–Trinajstić information content (AvgIpc) is 3.34. The molecule has 0 aromatic carbocycles. The number of hydrogen-bond acceptors (Lipinski definition) is 3. The number of carbonyl (C=O) groups excluding carboxylic acids is 2. The number of fused-ring (bicyclic) bond motifs is 1. The van der Waals surface area contributed by atoms with Gasteiger partial charge in [0, 0.05) is 25.7 Å². The van der Waals surface area contributed by atoms with Crippen LogP contribution in [0.25, 0.3) is 0 Å². The van der Waals surface area contributed by atoms with Crippen LogP contribution in [-0.4, -0.2) is 45.4 Å². The Kier molecular flexibility index (Phi) is 4.29. The van der Waals surface area contributed by atoms with Crippen molar-refractivity contribution in [3.8, 4) is 0 Å². The van der Waals surface area contributed by atoms with Crippen LogP contribution in [0.2, 0.25) is 0 Å². The Labute approximate surface area is 142 Å². The second-order valence-electron chi connectivity index (χ2n) is 7.29. The molecule has 1 aromatic heterocycles. The lowest BCUT2D eigenvalue weighted by molar-refractivity contribution is 0.0786. The number of carbonyl (C=O) groups is 2. The zero-order valence-corrected chi connectivity index (χ0v) is 14.2. The van der Waals surface area contributed by atoms with Gasteiger partial charge in [0.2, 0.25) is 0 Å². The molecule has 4 rings (SSSR count). The number of imidazole rings is 1. The lowest BCUT2D eigenvalue weighted by Crippen LogP contribution is -2.35. The van der Waals surface area contributed by atoms with E-state index in [2.05, 4.69) is 10.3 Å². The van der Waals surface area contributed by atoms with E-state index in [1.54, 1.807) is 0 Å². The van der Waals surface area contributed by atoms with E-state index in [-0.39, 0.29) is 17.9 Å². The molecule has 0 atom stereocenters. The lowest BCUT2D eigenvalue weighted by Gasteiger charge is -2.19. The quantitative estimate of drug-likeness (QED) is 0.923. The molecule has 2 amide bonds. The maximum atomic E-state index is 12.8. The van der Waals surface area contributed by atoms with Crippen LogP contribution in [0.1, 0.15) is 78.2 Å². The predicted octanol–water partition coefficient (Wildman–Crippen LogP) is 2.13. The Morgan fingerprint density at radius 2 is 1.67 bits per heavy atom. The van der Waals surface area contributed by atoms with Crippen molar-refractivity contribution in [1.82, 2.24) is 19.8 Å². The number of aromatic nitrogens is 2. The van der Waals surface area contributed by atoms with Crippen molar-refractivity contribution >= 4 is 11.8 Å². The standard InChI is InChI=1S/C18H26N4O2/c23-17(19-13-7-1-2-8-13)16-20-15(14-9-3-4-12-22(14)16)18(24)21-10-5-6-11-21/h13H,1-12H2,(H,19,23). The van der Waals surface area contributed by atoms with Crippen molar-refractivity contribution in [3.63, 3.8) is 0 Å². The summed E-state index contributed by atoms with van der Waals surface area (Å²) in [5.74, 6) is 0.350. The molecule has 1 saturated carbocycles. The summed E-state index contributed by atoms with van der Waals surface area (Å²) in [4.78, 5) is 32.0. The summed E-state index contributed by atoms with van der Waals surface area (Å²) in [6.45, 7) is 2.42. The maximum Gasteiger partial charge on any atom is 0.287 e. The Hall–Kier alpha value is -1.85. The van der Waals surface area contributed by atoms with Gasteiger partial charge >= 0.3 is 0 Å². The highest BCUT2D eigenvalue weighted by Gasteiger charge is 2.31. The fraction of sp³-hybridized carbons (Fsp3) is 0.722. The van der Waals surface area contributed by atoms with E-state index in [1.165, 1.54) is 12.8 Å². The second-order valence-corrected chi connectivity index (χ2v) is 7.29. The first-order valence-corrected chi connectivity index (χ1v) is 9.43. The minimum atomic E-state index is -0.106. The van der Waals surface area contributed by atoms with Gasteiger partial charge < -0.3 is 14.8 Å². The van der Waals surface area contributed by atoms with E-state index < -0.39 is 0 Å². The van der Waals surface area contributed by atoms with E-state index in [1.807, 2.05) is 9.47 Å². The minimum Gasteiger partial charge on any atom is -0.347 e. The summed E-state index contributed by atoms with van der Waals surface area (Å²) in [5, 5.41) is 3.12. The van der Waals surface area contributed by atoms with Crippen LogP contribution in [-0.2, 0) is 13.0 Å². The van der Waals surface area contributed by atoms with Crippen molar-refractivity contribution in [3.05, 3.63) is 17.2 Å². The first kappa shape index (κ1) is 15.7.